The van der Waals surface area contributed by atoms with Gasteiger partial charge in [0.05, 0.1) is 11.7 Å². The zero-order valence-corrected chi connectivity index (χ0v) is 14.9. The molecule has 2 N–H and O–H groups in total. The van der Waals surface area contributed by atoms with E-state index in [1.54, 1.807) is 6.92 Å². The molecule has 134 valence electrons. The van der Waals surface area contributed by atoms with Gasteiger partial charge in [-0.05, 0) is 43.2 Å². The van der Waals surface area contributed by atoms with E-state index in [0.29, 0.717) is 6.54 Å². The van der Waals surface area contributed by atoms with E-state index >= 15 is 0 Å². The van der Waals surface area contributed by atoms with Crippen LogP contribution in [0.1, 0.15) is 38.3 Å². The number of nitrogens with zero attached hydrogens (tertiary/aromatic N) is 1. The zero-order chi connectivity index (χ0) is 17.3. The normalized spacial score (nSPS) is 23.3. The Hall–Kier alpha value is -1.85. The van der Waals surface area contributed by atoms with E-state index in [-0.39, 0.29) is 17.6 Å². The van der Waals surface area contributed by atoms with Crippen LogP contribution in [0.2, 0.25) is 0 Å². The van der Waals surface area contributed by atoms with Gasteiger partial charge in [-0.25, -0.2) is 0 Å². The number of carbonyl (C=O) groups is 1. The number of hydrogen-bond acceptors (Lipinski definition) is 3. The molecule has 5 heteroatoms. The highest BCUT2D eigenvalue weighted by molar-refractivity contribution is 5.80. The highest BCUT2D eigenvalue weighted by Crippen LogP contribution is 2.39. The molecular weight excluding hydrogens is 314 g/mol. The minimum absolute atomic E-state index is 0.0257. The summed E-state index contributed by atoms with van der Waals surface area (Å²) < 4.78 is 6.34. The minimum atomic E-state index is 0.0257. The molecule has 2 saturated heterocycles. The van der Waals surface area contributed by atoms with Gasteiger partial charge in [0, 0.05) is 44.3 Å². The smallest absolute Gasteiger partial charge is 0.216 e. The number of piperidine rings is 1. The molecule has 1 aromatic heterocycles. The van der Waals surface area contributed by atoms with Crippen molar-refractivity contribution in [1.82, 2.24) is 15.2 Å². The second-order valence-corrected chi connectivity index (χ2v) is 7.56. The van der Waals surface area contributed by atoms with Gasteiger partial charge in [-0.1, -0.05) is 18.2 Å². The topological polar surface area (TPSA) is 57.4 Å². The summed E-state index contributed by atoms with van der Waals surface area (Å²) in [7, 11) is 0. The van der Waals surface area contributed by atoms with Gasteiger partial charge in [0.25, 0.3) is 0 Å². The SMILES string of the molecule is CC(=O)NCC1CCC2(CCN(Cc3cc4ccccc4[nH]3)CC2)O1. The number of H-pyrrole nitrogens is 1. The predicted molar refractivity (Wildman–Crippen MR) is 98.3 cm³/mol. The Balaban J connectivity index is 1.30. The molecule has 4 rings (SSSR count). The Labute approximate surface area is 148 Å². The van der Waals surface area contributed by atoms with E-state index < -0.39 is 0 Å². The molecule has 2 aliphatic heterocycles. The number of ether oxygens (including phenoxy) is 1. The van der Waals surface area contributed by atoms with Crippen LogP contribution in [0.3, 0.4) is 0 Å². The number of nitrogens with one attached hydrogen (secondary N) is 2. The van der Waals surface area contributed by atoms with Crippen molar-refractivity contribution in [3.05, 3.63) is 36.0 Å². The molecule has 2 aromatic rings. The van der Waals surface area contributed by atoms with Crippen LogP contribution >= 0.6 is 0 Å². The average Bonchev–Trinajstić information content (AvgIpc) is 3.19. The van der Waals surface area contributed by atoms with Crippen molar-refractivity contribution >= 4 is 16.8 Å². The van der Waals surface area contributed by atoms with Crippen LogP contribution in [0.4, 0.5) is 0 Å². The van der Waals surface area contributed by atoms with Gasteiger partial charge in [0.15, 0.2) is 0 Å². The van der Waals surface area contributed by atoms with Crippen LogP contribution in [-0.4, -0.2) is 47.1 Å². The molecule has 1 amide bonds. The third kappa shape index (κ3) is 3.72. The molecule has 5 nitrogen and oxygen atoms in total. The highest BCUT2D eigenvalue weighted by atomic mass is 16.5. The number of amides is 1. The number of aromatic nitrogens is 1. The van der Waals surface area contributed by atoms with E-state index in [1.165, 1.54) is 16.6 Å². The Morgan fingerprint density at radius 1 is 1.32 bits per heavy atom. The van der Waals surface area contributed by atoms with E-state index in [1.807, 2.05) is 0 Å². The second kappa shape index (κ2) is 6.81. The number of fused-ring (bicyclic) bond motifs is 1. The van der Waals surface area contributed by atoms with Crippen LogP contribution in [0.25, 0.3) is 10.9 Å². The van der Waals surface area contributed by atoms with Crippen LogP contribution < -0.4 is 5.32 Å². The first kappa shape index (κ1) is 16.6. The largest absolute Gasteiger partial charge is 0.370 e. The first-order valence-corrected chi connectivity index (χ1v) is 9.33. The summed E-state index contributed by atoms with van der Waals surface area (Å²) in [5.74, 6) is 0.0257. The molecule has 3 heterocycles. The molecular formula is C20H27N3O2. The quantitative estimate of drug-likeness (QED) is 0.899. The maximum absolute atomic E-state index is 11.1. The fourth-order valence-electron chi connectivity index (χ4n) is 4.24. The Morgan fingerprint density at radius 3 is 2.88 bits per heavy atom. The molecule has 1 aromatic carbocycles. The average molecular weight is 341 g/mol. The number of aromatic amines is 1. The lowest BCUT2D eigenvalue weighted by Crippen LogP contribution is -2.44. The molecule has 0 bridgehead atoms. The molecule has 2 fully saturated rings. The number of para-hydroxylation sites is 1. The van der Waals surface area contributed by atoms with Crippen molar-refractivity contribution in [3.63, 3.8) is 0 Å². The van der Waals surface area contributed by atoms with Gasteiger partial charge < -0.3 is 15.0 Å². The Morgan fingerprint density at radius 2 is 2.12 bits per heavy atom. The van der Waals surface area contributed by atoms with Crippen molar-refractivity contribution in [2.24, 2.45) is 0 Å². The number of hydrogen-bond donors (Lipinski definition) is 2. The third-order valence-corrected chi connectivity index (χ3v) is 5.66. The number of rotatable bonds is 4. The van der Waals surface area contributed by atoms with Crippen LogP contribution in [0.5, 0.6) is 0 Å². The standard InChI is InChI=1S/C20H27N3O2/c1-15(24)21-13-18-6-7-20(25-18)8-10-23(11-9-20)14-17-12-16-4-2-3-5-19(16)22-17/h2-5,12,18,22H,6-11,13-14H2,1H3,(H,21,24). The van der Waals surface area contributed by atoms with E-state index in [9.17, 15) is 4.79 Å². The fraction of sp³-hybridized carbons (Fsp3) is 0.550. The number of likely N-dealkylation sites (tertiary alicyclic amines) is 1. The Bertz CT molecular complexity index is 713. The third-order valence-electron chi connectivity index (χ3n) is 5.66. The first-order chi connectivity index (χ1) is 12.1. The summed E-state index contributed by atoms with van der Waals surface area (Å²) >= 11 is 0. The molecule has 0 saturated carbocycles. The first-order valence-electron chi connectivity index (χ1n) is 9.33. The van der Waals surface area contributed by atoms with Crippen LogP contribution in [0, 0.1) is 0 Å². The molecule has 0 radical (unpaired) electrons. The number of carbonyl (C=O) groups excluding carboxylic acids is 1. The van der Waals surface area contributed by atoms with Gasteiger partial charge in [-0.2, -0.15) is 0 Å². The molecule has 0 aliphatic carbocycles. The maximum Gasteiger partial charge on any atom is 0.216 e. The fourth-order valence-corrected chi connectivity index (χ4v) is 4.24. The molecule has 2 aliphatic rings. The maximum atomic E-state index is 11.1. The summed E-state index contributed by atoms with van der Waals surface area (Å²) in [5, 5.41) is 4.17. The lowest BCUT2D eigenvalue weighted by molar-refractivity contribution is -0.120. The summed E-state index contributed by atoms with van der Waals surface area (Å²) in [4.78, 5) is 17.1. The lowest BCUT2D eigenvalue weighted by atomic mass is 9.88. The van der Waals surface area contributed by atoms with Gasteiger partial charge in [-0.15, -0.1) is 0 Å². The van der Waals surface area contributed by atoms with E-state index in [2.05, 4.69) is 45.5 Å². The summed E-state index contributed by atoms with van der Waals surface area (Å²) in [6.45, 7) is 5.33. The summed E-state index contributed by atoms with van der Waals surface area (Å²) in [6, 6.07) is 10.7. The summed E-state index contributed by atoms with van der Waals surface area (Å²) in [5.41, 5.74) is 2.54. The van der Waals surface area contributed by atoms with E-state index in [0.717, 1.165) is 45.3 Å². The van der Waals surface area contributed by atoms with Crippen molar-refractivity contribution in [1.29, 1.82) is 0 Å². The molecule has 1 unspecified atom stereocenters. The summed E-state index contributed by atoms with van der Waals surface area (Å²) in [6.07, 6.45) is 4.54. The van der Waals surface area contributed by atoms with E-state index in [4.69, 9.17) is 4.74 Å². The molecule has 1 atom stereocenters. The van der Waals surface area contributed by atoms with Crippen molar-refractivity contribution in [2.45, 2.75) is 50.9 Å². The molecule has 25 heavy (non-hydrogen) atoms. The predicted octanol–water partition coefficient (Wildman–Crippen LogP) is 2.82. The monoisotopic (exact) mass is 341 g/mol. The van der Waals surface area contributed by atoms with Gasteiger partial charge in [-0.3, -0.25) is 9.69 Å². The lowest BCUT2D eigenvalue weighted by Gasteiger charge is -2.39. The highest BCUT2D eigenvalue weighted by Gasteiger charge is 2.42. The van der Waals surface area contributed by atoms with Gasteiger partial charge in [0.2, 0.25) is 5.91 Å². The second-order valence-electron chi connectivity index (χ2n) is 7.56. The molecule has 1 spiro atoms. The number of benzene rings is 1. The van der Waals surface area contributed by atoms with Gasteiger partial charge >= 0.3 is 0 Å². The van der Waals surface area contributed by atoms with Crippen LogP contribution in [0.15, 0.2) is 30.3 Å². The Kier molecular flexibility index (Phi) is 4.52. The zero-order valence-electron chi connectivity index (χ0n) is 14.9. The minimum Gasteiger partial charge on any atom is -0.370 e. The van der Waals surface area contributed by atoms with Crippen LogP contribution in [-0.2, 0) is 16.1 Å². The van der Waals surface area contributed by atoms with Gasteiger partial charge in [0.1, 0.15) is 0 Å². The van der Waals surface area contributed by atoms with Crippen molar-refractivity contribution in [3.8, 4) is 0 Å². The van der Waals surface area contributed by atoms with Crippen molar-refractivity contribution < 1.29 is 9.53 Å². The van der Waals surface area contributed by atoms with Crippen molar-refractivity contribution in [2.75, 3.05) is 19.6 Å².